The van der Waals surface area contributed by atoms with Gasteiger partial charge in [0, 0.05) is 25.4 Å². The number of ether oxygens (including phenoxy) is 1. The highest BCUT2D eigenvalue weighted by Crippen LogP contribution is 2.18. The van der Waals surface area contributed by atoms with Crippen molar-refractivity contribution >= 4 is 0 Å². The molecule has 1 aromatic heterocycles. The quantitative estimate of drug-likeness (QED) is 0.843. The summed E-state index contributed by atoms with van der Waals surface area (Å²) in [6.07, 6.45) is 4.22. The SMILES string of the molecule is CCNCc1ccc(OCCc2ccncc2)c(F)c1. The van der Waals surface area contributed by atoms with Crippen molar-refractivity contribution in [3.8, 4) is 5.75 Å². The van der Waals surface area contributed by atoms with E-state index in [1.165, 1.54) is 6.07 Å². The third kappa shape index (κ3) is 4.31. The number of pyridine rings is 1. The summed E-state index contributed by atoms with van der Waals surface area (Å²) in [7, 11) is 0. The third-order valence-electron chi connectivity index (χ3n) is 2.97. The van der Waals surface area contributed by atoms with Gasteiger partial charge in [0.05, 0.1) is 6.61 Å². The van der Waals surface area contributed by atoms with Crippen LogP contribution >= 0.6 is 0 Å². The molecule has 2 rings (SSSR count). The minimum absolute atomic E-state index is 0.305. The maximum atomic E-state index is 13.8. The molecule has 0 aliphatic rings. The number of benzene rings is 1. The number of nitrogens with one attached hydrogen (secondary N) is 1. The predicted octanol–water partition coefficient (Wildman–Crippen LogP) is 2.95. The summed E-state index contributed by atoms with van der Waals surface area (Å²) in [5.74, 6) is -0.00515. The Balaban J connectivity index is 1.86. The Bertz CT molecular complexity index is 531. The van der Waals surface area contributed by atoms with Gasteiger partial charge in [0.15, 0.2) is 11.6 Å². The Morgan fingerprint density at radius 2 is 1.95 bits per heavy atom. The Morgan fingerprint density at radius 3 is 2.65 bits per heavy atom. The van der Waals surface area contributed by atoms with E-state index in [9.17, 15) is 4.39 Å². The van der Waals surface area contributed by atoms with Gasteiger partial charge in [-0.15, -0.1) is 0 Å². The maximum absolute atomic E-state index is 13.8. The zero-order chi connectivity index (χ0) is 14.2. The average Bonchev–Trinajstić information content (AvgIpc) is 2.48. The number of aromatic nitrogens is 1. The van der Waals surface area contributed by atoms with Gasteiger partial charge in [-0.3, -0.25) is 4.98 Å². The first-order valence-electron chi connectivity index (χ1n) is 6.80. The summed E-state index contributed by atoms with van der Waals surface area (Å²) in [6.45, 7) is 4.01. The van der Waals surface area contributed by atoms with Crippen molar-refractivity contribution in [1.29, 1.82) is 0 Å². The Labute approximate surface area is 118 Å². The van der Waals surface area contributed by atoms with E-state index in [4.69, 9.17) is 4.74 Å². The summed E-state index contributed by atoms with van der Waals surface area (Å²) in [6, 6.07) is 8.95. The van der Waals surface area contributed by atoms with Crippen LogP contribution in [0.5, 0.6) is 5.75 Å². The van der Waals surface area contributed by atoms with Crippen molar-refractivity contribution in [2.45, 2.75) is 19.9 Å². The second-order valence-corrected chi connectivity index (χ2v) is 4.50. The molecule has 0 fully saturated rings. The van der Waals surface area contributed by atoms with Crippen molar-refractivity contribution in [2.24, 2.45) is 0 Å². The van der Waals surface area contributed by atoms with E-state index in [1.807, 2.05) is 25.1 Å². The topological polar surface area (TPSA) is 34.1 Å². The lowest BCUT2D eigenvalue weighted by Crippen LogP contribution is -2.12. The molecule has 0 atom stereocenters. The van der Waals surface area contributed by atoms with Crippen LogP contribution < -0.4 is 10.1 Å². The second-order valence-electron chi connectivity index (χ2n) is 4.50. The van der Waals surface area contributed by atoms with Crippen LogP contribution in [0.15, 0.2) is 42.7 Å². The molecule has 3 nitrogen and oxygen atoms in total. The second kappa shape index (κ2) is 7.60. The van der Waals surface area contributed by atoms with Crippen LogP contribution in [0.25, 0.3) is 0 Å². The summed E-state index contributed by atoms with van der Waals surface area (Å²) < 4.78 is 19.3. The number of rotatable bonds is 7. The van der Waals surface area contributed by atoms with Crippen molar-refractivity contribution in [1.82, 2.24) is 10.3 Å². The van der Waals surface area contributed by atoms with Crippen LogP contribution in [0.1, 0.15) is 18.1 Å². The molecule has 0 spiro atoms. The van der Waals surface area contributed by atoms with Crippen LogP contribution in [-0.2, 0) is 13.0 Å². The van der Waals surface area contributed by atoms with Crippen LogP contribution in [0.3, 0.4) is 0 Å². The van der Waals surface area contributed by atoms with Crippen molar-refractivity contribution in [3.63, 3.8) is 0 Å². The van der Waals surface area contributed by atoms with E-state index in [1.54, 1.807) is 18.5 Å². The minimum Gasteiger partial charge on any atom is -0.490 e. The van der Waals surface area contributed by atoms with E-state index in [-0.39, 0.29) is 5.82 Å². The molecule has 4 heteroatoms. The first kappa shape index (κ1) is 14.5. The maximum Gasteiger partial charge on any atom is 0.165 e. The molecule has 0 aliphatic heterocycles. The standard InChI is InChI=1S/C16H19FN2O/c1-2-18-12-14-3-4-16(15(17)11-14)20-10-7-13-5-8-19-9-6-13/h3-6,8-9,11,18H,2,7,10,12H2,1H3. The number of nitrogens with zero attached hydrogens (tertiary/aromatic N) is 1. The van der Waals surface area contributed by atoms with Crippen LogP contribution in [0.4, 0.5) is 4.39 Å². The fraction of sp³-hybridized carbons (Fsp3) is 0.312. The predicted molar refractivity (Wildman–Crippen MR) is 77.2 cm³/mol. The molecule has 0 saturated carbocycles. The van der Waals surface area contributed by atoms with Gasteiger partial charge < -0.3 is 10.1 Å². The first-order valence-corrected chi connectivity index (χ1v) is 6.80. The fourth-order valence-corrected chi connectivity index (χ4v) is 1.87. The van der Waals surface area contributed by atoms with Crippen molar-refractivity contribution in [3.05, 3.63) is 59.7 Å². The number of hydrogen-bond acceptors (Lipinski definition) is 3. The number of hydrogen-bond donors (Lipinski definition) is 1. The van der Waals surface area contributed by atoms with E-state index < -0.39 is 0 Å². The van der Waals surface area contributed by atoms with Crippen LogP contribution in [0, 0.1) is 5.82 Å². The van der Waals surface area contributed by atoms with E-state index in [2.05, 4.69) is 10.3 Å². The van der Waals surface area contributed by atoms with E-state index in [0.29, 0.717) is 18.9 Å². The van der Waals surface area contributed by atoms with Gasteiger partial charge in [-0.1, -0.05) is 13.0 Å². The van der Waals surface area contributed by atoms with E-state index in [0.717, 1.165) is 24.1 Å². The Hall–Kier alpha value is -1.94. The van der Waals surface area contributed by atoms with Crippen LogP contribution in [-0.4, -0.2) is 18.1 Å². The van der Waals surface area contributed by atoms with Gasteiger partial charge in [-0.2, -0.15) is 0 Å². The molecule has 0 aliphatic carbocycles. The van der Waals surface area contributed by atoms with Crippen molar-refractivity contribution in [2.75, 3.05) is 13.2 Å². The molecule has 0 amide bonds. The molecule has 2 aromatic rings. The third-order valence-corrected chi connectivity index (χ3v) is 2.97. The number of halogens is 1. The summed E-state index contributed by atoms with van der Waals surface area (Å²) in [4.78, 5) is 3.95. The molecular weight excluding hydrogens is 255 g/mol. The molecule has 0 unspecified atom stereocenters. The van der Waals surface area contributed by atoms with Gasteiger partial charge in [-0.25, -0.2) is 4.39 Å². The lowest BCUT2D eigenvalue weighted by Gasteiger charge is -2.09. The van der Waals surface area contributed by atoms with Gasteiger partial charge in [-0.05, 0) is 41.9 Å². The van der Waals surface area contributed by atoms with Crippen LogP contribution in [0.2, 0.25) is 0 Å². The summed E-state index contributed by atoms with van der Waals surface area (Å²) >= 11 is 0. The Morgan fingerprint density at radius 1 is 1.15 bits per heavy atom. The van der Waals surface area contributed by atoms with E-state index >= 15 is 0 Å². The monoisotopic (exact) mass is 274 g/mol. The normalized spacial score (nSPS) is 10.5. The molecule has 0 radical (unpaired) electrons. The molecule has 0 saturated heterocycles. The molecule has 106 valence electrons. The molecule has 1 aromatic carbocycles. The van der Waals surface area contributed by atoms with Gasteiger partial charge in [0.1, 0.15) is 0 Å². The van der Waals surface area contributed by atoms with Gasteiger partial charge in [0.2, 0.25) is 0 Å². The summed E-state index contributed by atoms with van der Waals surface area (Å²) in [5.41, 5.74) is 2.05. The highest BCUT2D eigenvalue weighted by atomic mass is 19.1. The van der Waals surface area contributed by atoms with Crippen molar-refractivity contribution < 1.29 is 9.13 Å². The highest BCUT2D eigenvalue weighted by molar-refractivity contribution is 5.29. The molecule has 0 bridgehead atoms. The molecule has 1 heterocycles. The Kier molecular flexibility index (Phi) is 5.50. The average molecular weight is 274 g/mol. The zero-order valence-electron chi connectivity index (χ0n) is 11.6. The minimum atomic E-state index is -0.310. The highest BCUT2D eigenvalue weighted by Gasteiger charge is 2.04. The fourth-order valence-electron chi connectivity index (χ4n) is 1.87. The molecular formula is C16H19FN2O. The lowest BCUT2D eigenvalue weighted by atomic mass is 10.2. The molecule has 20 heavy (non-hydrogen) atoms. The van der Waals surface area contributed by atoms with Gasteiger partial charge in [0.25, 0.3) is 0 Å². The first-order chi connectivity index (χ1) is 9.79. The lowest BCUT2D eigenvalue weighted by molar-refractivity contribution is 0.305. The largest absolute Gasteiger partial charge is 0.490 e. The smallest absolute Gasteiger partial charge is 0.165 e. The summed E-state index contributed by atoms with van der Waals surface area (Å²) in [5, 5.41) is 3.16. The zero-order valence-corrected chi connectivity index (χ0v) is 11.6. The van der Waals surface area contributed by atoms with Gasteiger partial charge >= 0.3 is 0 Å². The molecule has 1 N–H and O–H groups in total.